The highest BCUT2D eigenvalue weighted by atomic mass is 16.4. The Labute approximate surface area is 109 Å². The first kappa shape index (κ1) is 14.6. The van der Waals surface area contributed by atoms with Gasteiger partial charge in [-0.25, -0.2) is 0 Å². The molecule has 0 spiro atoms. The van der Waals surface area contributed by atoms with Crippen molar-refractivity contribution in [3.8, 4) is 0 Å². The molecule has 0 radical (unpaired) electrons. The average Bonchev–Trinajstić information content (AvgIpc) is 2.33. The van der Waals surface area contributed by atoms with Gasteiger partial charge in [-0.05, 0) is 36.5 Å². The second kappa shape index (κ2) is 7.75. The molecule has 1 aromatic carbocycles. The van der Waals surface area contributed by atoms with E-state index >= 15 is 0 Å². The highest BCUT2D eigenvalue weighted by Crippen LogP contribution is 2.18. The molecule has 3 nitrogen and oxygen atoms in total. The maximum atomic E-state index is 10.3. The zero-order chi connectivity index (χ0) is 13.4. The molecule has 0 fully saturated rings. The van der Waals surface area contributed by atoms with Gasteiger partial charge in [0.15, 0.2) is 0 Å². The Morgan fingerprint density at radius 2 is 2.06 bits per heavy atom. The van der Waals surface area contributed by atoms with E-state index in [-0.39, 0.29) is 6.42 Å². The van der Waals surface area contributed by atoms with Gasteiger partial charge in [0, 0.05) is 18.7 Å². The predicted octanol–water partition coefficient (Wildman–Crippen LogP) is 3.87. The molecule has 0 unspecified atom stereocenters. The van der Waals surface area contributed by atoms with Crippen LogP contribution in [0.15, 0.2) is 24.3 Å². The Bertz CT molecular complexity index is 375. The van der Waals surface area contributed by atoms with Crippen molar-refractivity contribution in [3.05, 3.63) is 29.8 Å². The van der Waals surface area contributed by atoms with Crippen molar-refractivity contribution in [2.24, 2.45) is 0 Å². The second-order valence-electron chi connectivity index (χ2n) is 4.91. The molecule has 0 aliphatic rings. The number of hydrogen-bond donors (Lipinski definition) is 2. The van der Waals surface area contributed by atoms with Crippen LogP contribution in [-0.2, 0) is 4.79 Å². The minimum Gasteiger partial charge on any atom is -0.481 e. The van der Waals surface area contributed by atoms with Gasteiger partial charge in [0.1, 0.15) is 0 Å². The van der Waals surface area contributed by atoms with Crippen molar-refractivity contribution < 1.29 is 9.90 Å². The first-order valence-electron chi connectivity index (χ1n) is 6.65. The summed E-state index contributed by atoms with van der Waals surface area (Å²) in [7, 11) is 0. The van der Waals surface area contributed by atoms with Gasteiger partial charge >= 0.3 is 5.97 Å². The zero-order valence-corrected chi connectivity index (χ0v) is 11.3. The van der Waals surface area contributed by atoms with Gasteiger partial charge in [-0.1, -0.05) is 32.4 Å². The van der Waals surface area contributed by atoms with Crippen LogP contribution in [0.3, 0.4) is 0 Å². The number of hydrogen-bond acceptors (Lipinski definition) is 2. The van der Waals surface area contributed by atoms with Crippen molar-refractivity contribution in [2.75, 3.05) is 11.9 Å². The minimum atomic E-state index is -0.701. The summed E-state index contributed by atoms with van der Waals surface area (Å²) in [6.45, 7) is 5.27. The molecule has 0 aliphatic carbocycles. The Hall–Kier alpha value is -1.51. The number of nitrogens with one attached hydrogen (secondary N) is 1. The normalized spacial score (nSPS) is 10.6. The van der Waals surface area contributed by atoms with E-state index in [1.807, 2.05) is 0 Å². The third-order valence-corrected chi connectivity index (χ3v) is 2.95. The summed E-state index contributed by atoms with van der Waals surface area (Å²) in [5, 5.41) is 11.9. The fourth-order valence-electron chi connectivity index (χ4n) is 1.82. The van der Waals surface area contributed by atoms with Gasteiger partial charge < -0.3 is 10.4 Å². The Morgan fingerprint density at radius 1 is 1.28 bits per heavy atom. The topological polar surface area (TPSA) is 49.3 Å². The van der Waals surface area contributed by atoms with Crippen molar-refractivity contribution in [3.63, 3.8) is 0 Å². The summed E-state index contributed by atoms with van der Waals surface area (Å²) in [6.07, 6.45) is 3.02. The van der Waals surface area contributed by atoms with Gasteiger partial charge in [-0.15, -0.1) is 0 Å². The molecule has 0 saturated heterocycles. The lowest BCUT2D eigenvalue weighted by Crippen LogP contribution is -2.02. The number of carboxylic acids is 1. The van der Waals surface area contributed by atoms with Crippen LogP contribution < -0.4 is 5.32 Å². The fourth-order valence-corrected chi connectivity index (χ4v) is 1.82. The van der Waals surface area contributed by atoms with Crippen molar-refractivity contribution in [2.45, 2.75) is 45.4 Å². The van der Waals surface area contributed by atoms with E-state index < -0.39 is 5.97 Å². The number of aliphatic carboxylic acids is 1. The summed E-state index contributed by atoms with van der Waals surface area (Å²) in [4.78, 5) is 10.3. The molecule has 1 aromatic rings. The molecule has 18 heavy (non-hydrogen) atoms. The smallest absolute Gasteiger partial charge is 0.303 e. The van der Waals surface area contributed by atoms with Crippen LogP contribution in [0.4, 0.5) is 5.69 Å². The molecule has 0 saturated carbocycles. The predicted molar refractivity (Wildman–Crippen MR) is 75.1 cm³/mol. The summed E-state index contributed by atoms with van der Waals surface area (Å²) in [5.74, 6) is -0.157. The van der Waals surface area contributed by atoms with Gasteiger partial charge in [-0.3, -0.25) is 4.79 Å². The van der Waals surface area contributed by atoms with Gasteiger partial charge in [0.2, 0.25) is 0 Å². The maximum Gasteiger partial charge on any atom is 0.303 e. The summed E-state index contributed by atoms with van der Waals surface area (Å²) >= 11 is 0. The lowest BCUT2D eigenvalue weighted by atomic mass is 10.0. The van der Waals surface area contributed by atoms with E-state index in [9.17, 15) is 4.79 Å². The Morgan fingerprint density at radius 3 is 2.72 bits per heavy atom. The summed E-state index contributed by atoms with van der Waals surface area (Å²) in [5.41, 5.74) is 2.49. The Balaban J connectivity index is 2.23. The molecule has 0 aliphatic heterocycles. The van der Waals surface area contributed by atoms with E-state index in [2.05, 4.69) is 43.4 Å². The SMILES string of the molecule is CC(C)c1cccc(NCCCCCC(=O)O)c1. The van der Waals surface area contributed by atoms with Gasteiger partial charge in [0.25, 0.3) is 0 Å². The number of rotatable bonds is 8. The first-order chi connectivity index (χ1) is 8.59. The Kier molecular flexibility index (Phi) is 6.26. The van der Waals surface area contributed by atoms with Gasteiger partial charge in [-0.2, -0.15) is 0 Å². The first-order valence-corrected chi connectivity index (χ1v) is 6.65. The highest BCUT2D eigenvalue weighted by Gasteiger charge is 2.00. The van der Waals surface area contributed by atoms with E-state index in [4.69, 9.17) is 5.11 Å². The molecule has 0 aromatic heterocycles. The van der Waals surface area contributed by atoms with Crippen LogP contribution in [-0.4, -0.2) is 17.6 Å². The van der Waals surface area contributed by atoms with Gasteiger partial charge in [0.05, 0.1) is 0 Å². The number of benzene rings is 1. The van der Waals surface area contributed by atoms with Crippen LogP contribution in [0.5, 0.6) is 0 Å². The number of unbranched alkanes of at least 4 members (excludes halogenated alkanes) is 2. The molecule has 100 valence electrons. The molecule has 0 heterocycles. The lowest BCUT2D eigenvalue weighted by Gasteiger charge is -2.10. The third-order valence-electron chi connectivity index (χ3n) is 2.95. The number of anilines is 1. The van der Waals surface area contributed by atoms with Crippen molar-refractivity contribution in [1.82, 2.24) is 0 Å². The minimum absolute atomic E-state index is 0.281. The number of carbonyl (C=O) groups is 1. The monoisotopic (exact) mass is 249 g/mol. The van der Waals surface area contributed by atoms with E-state index in [0.29, 0.717) is 5.92 Å². The van der Waals surface area contributed by atoms with Crippen LogP contribution in [0.2, 0.25) is 0 Å². The van der Waals surface area contributed by atoms with E-state index in [1.165, 1.54) is 5.56 Å². The number of carboxylic acid groups (broad SMARTS) is 1. The quantitative estimate of drug-likeness (QED) is 0.688. The van der Waals surface area contributed by atoms with E-state index in [1.54, 1.807) is 0 Å². The molecular weight excluding hydrogens is 226 g/mol. The highest BCUT2D eigenvalue weighted by molar-refractivity contribution is 5.66. The molecule has 0 bridgehead atoms. The van der Waals surface area contributed by atoms with E-state index in [0.717, 1.165) is 31.5 Å². The largest absolute Gasteiger partial charge is 0.481 e. The van der Waals surface area contributed by atoms with Crippen LogP contribution in [0.1, 0.15) is 51.0 Å². The molecule has 3 heteroatoms. The van der Waals surface area contributed by atoms with Crippen LogP contribution in [0.25, 0.3) is 0 Å². The second-order valence-corrected chi connectivity index (χ2v) is 4.91. The molecule has 0 atom stereocenters. The maximum absolute atomic E-state index is 10.3. The molecule has 2 N–H and O–H groups in total. The van der Waals surface area contributed by atoms with Crippen molar-refractivity contribution >= 4 is 11.7 Å². The fraction of sp³-hybridized carbons (Fsp3) is 0.533. The third kappa shape index (κ3) is 5.71. The zero-order valence-electron chi connectivity index (χ0n) is 11.3. The average molecular weight is 249 g/mol. The summed E-state index contributed by atoms with van der Waals surface area (Å²) in [6, 6.07) is 8.47. The van der Waals surface area contributed by atoms with Crippen LogP contribution in [0, 0.1) is 0 Å². The lowest BCUT2D eigenvalue weighted by molar-refractivity contribution is -0.137. The molecule has 1 rings (SSSR count). The molecule has 0 amide bonds. The van der Waals surface area contributed by atoms with Crippen LogP contribution >= 0.6 is 0 Å². The summed E-state index contributed by atoms with van der Waals surface area (Å²) < 4.78 is 0. The van der Waals surface area contributed by atoms with Crippen molar-refractivity contribution in [1.29, 1.82) is 0 Å². The standard InChI is InChI=1S/C15H23NO2/c1-12(2)13-7-6-8-14(11-13)16-10-5-3-4-9-15(17)18/h6-8,11-12,16H,3-5,9-10H2,1-2H3,(H,17,18). The molecular formula is C15H23NO2.